The second-order valence-electron chi connectivity index (χ2n) is 4.30. The number of carboxylic acid groups (broad SMARTS) is 1. The Kier molecular flexibility index (Phi) is 3.40. The van der Waals surface area contributed by atoms with Crippen LogP contribution in [0.3, 0.4) is 0 Å². The number of rotatable bonds is 4. The predicted molar refractivity (Wildman–Crippen MR) is 61.2 cm³/mol. The summed E-state index contributed by atoms with van der Waals surface area (Å²) in [6.07, 6.45) is 0.912. The van der Waals surface area contributed by atoms with Gasteiger partial charge in [0.15, 0.2) is 5.76 Å². The number of nitrogens with zero attached hydrogens (tertiary/aromatic N) is 2. The maximum Gasteiger partial charge on any atom is 0.322 e. The van der Waals surface area contributed by atoms with E-state index in [9.17, 15) is 13.2 Å². The molecule has 100 valence electrons. The monoisotopic (exact) mass is 274 g/mol. The minimum absolute atomic E-state index is 0.225. The zero-order chi connectivity index (χ0) is 13.3. The molecule has 2 rings (SSSR count). The van der Waals surface area contributed by atoms with E-state index in [1.54, 1.807) is 6.92 Å². The fourth-order valence-corrected chi connectivity index (χ4v) is 3.72. The van der Waals surface area contributed by atoms with Crippen LogP contribution < -0.4 is 0 Å². The highest BCUT2D eigenvalue weighted by Crippen LogP contribution is 2.23. The Morgan fingerprint density at radius 2 is 2.39 bits per heavy atom. The van der Waals surface area contributed by atoms with E-state index in [1.165, 1.54) is 6.07 Å². The number of hydrogen-bond donors (Lipinski definition) is 1. The molecule has 0 amide bonds. The van der Waals surface area contributed by atoms with Gasteiger partial charge < -0.3 is 9.63 Å². The van der Waals surface area contributed by atoms with Crippen LogP contribution in [-0.4, -0.2) is 41.5 Å². The Morgan fingerprint density at radius 1 is 1.67 bits per heavy atom. The molecule has 1 unspecified atom stereocenters. The largest absolute Gasteiger partial charge is 0.480 e. The van der Waals surface area contributed by atoms with Crippen LogP contribution in [0, 0.1) is 6.92 Å². The maximum absolute atomic E-state index is 12.1. The SMILES string of the molecule is Cc1cc(CS(=O)(=O)N2CCCC2C(=O)O)on1. The number of sulfonamides is 1. The van der Waals surface area contributed by atoms with Gasteiger partial charge in [-0.25, -0.2) is 8.42 Å². The molecule has 1 fully saturated rings. The number of aromatic nitrogens is 1. The van der Waals surface area contributed by atoms with Crippen LogP contribution >= 0.6 is 0 Å². The van der Waals surface area contributed by atoms with Crippen molar-refractivity contribution in [3.8, 4) is 0 Å². The summed E-state index contributed by atoms with van der Waals surface area (Å²) in [6.45, 7) is 1.93. The van der Waals surface area contributed by atoms with Gasteiger partial charge in [0.1, 0.15) is 11.8 Å². The van der Waals surface area contributed by atoms with Gasteiger partial charge in [0, 0.05) is 12.6 Å². The molecule has 0 saturated carbocycles. The van der Waals surface area contributed by atoms with Crippen LogP contribution in [0.5, 0.6) is 0 Å². The van der Waals surface area contributed by atoms with Crippen LogP contribution in [0.1, 0.15) is 24.3 Å². The molecule has 8 heteroatoms. The summed E-state index contributed by atoms with van der Waals surface area (Å²) in [5.41, 5.74) is 0.594. The van der Waals surface area contributed by atoms with E-state index in [1.807, 2.05) is 0 Å². The molecular weight excluding hydrogens is 260 g/mol. The summed E-state index contributed by atoms with van der Waals surface area (Å²) in [6, 6.07) is 0.572. The minimum atomic E-state index is -3.68. The van der Waals surface area contributed by atoms with E-state index in [-0.39, 0.29) is 18.1 Å². The van der Waals surface area contributed by atoms with Crippen molar-refractivity contribution in [3.05, 3.63) is 17.5 Å². The Labute approximate surface area is 104 Å². The van der Waals surface area contributed by atoms with Crippen molar-refractivity contribution in [1.29, 1.82) is 0 Å². The van der Waals surface area contributed by atoms with E-state index in [0.717, 1.165) is 4.31 Å². The van der Waals surface area contributed by atoms with Crippen LogP contribution in [0.4, 0.5) is 0 Å². The third-order valence-electron chi connectivity index (χ3n) is 2.85. The molecule has 0 bridgehead atoms. The van der Waals surface area contributed by atoms with E-state index >= 15 is 0 Å². The van der Waals surface area contributed by atoms with Gasteiger partial charge in [-0.05, 0) is 19.8 Å². The molecule has 7 nitrogen and oxygen atoms in total. The smallest absolute Gasteiger partial charge is 0.322 e. The lowest BCUT2D eigenvalue weighted by Crippen LogP contribution is -2.40. The molecule has 1 N–H and O–H groups in total. The second kappa shape index (κ2) is 4.69. The third-order valence-corrected chi connectivity index (χ3v) is 4.65. The molecular formula is C10H14N2O5S. The van der Waals surface area contributed by atoms with Crippen LogP contribution in [0.15, 0.2) is 10.6 Å². The molecule has 1 saturated heterocycles. The van der Waals surface area contributed by atoms with E-state index in [2.05, 4.69) is 5.16 Å². The van der Waals surface area contributed by atoms with Crippen molar-refractivity contribution in [2.24, 2.45) is 0 Å². The maximum atomic E-state index is 12.1. The predicted octanol–water partition coefficient (Wildman–Crippen LogP) is 0.362. The number of aliphatic carboxylic acids is 1. The van der Waals surface area contributed by atoms with Crippen molar-refractivity contribution in [1.82, 2.24) is 9.46 Å². The van der Waals surface area contributed by atoms with Gasteiger partial charge >= 0.3 is 5.97 Å². The first-order chi connectivity index (χ1) is 8.40. The molecule has 0 aliphatic carbocycles. The molecule has 0 aromatic carbocycles. The summed E-state index contributed by atoms with van der Waals surface area (Å²) < 4.78 is 30.1. The highest BCUT2D eigenvalue weighted by molar-refractivity contribution is 7.88. The topological polar surface area (TPSA) is 101 Å². The van der Waals surface area contributed by atoms with Gasteiger partial charge in [-0.2, -0.15) is 4.31 Å². The lowest BCUT2D eigenvalue weighted by molar-refractivity contribution is -0.140. The van der Waals surface area contributed by atoms with E-state index in [4.69, 9.17) is 9.63 Å². The Morgan fingerprint density at radius 3 is 2.94 bits per heavy atom. The number of carbonyl (C=O) groups is 1. The Balaban J connectivity index is 2.18. The Bertz CT molecular complexity index is 550. The van der Waals surface area contributed by atoms with E-state index < -0.39 is 22.0 Å². The standard InChI is InChI=1S/C10H14N2O5S/c1-7-5-8(17-11-7)6-18(15,16)12-4-2-3-9(12)10(13)14/h5,9H,2-4,6H2,1H3,(H,13,14). The van der Waals surface area contributed by atoms with Crippen molar-refractivity contribution in [3.63, 3.8) is 0 Å². The molecule has 1 aromatic heterocycles. The average molecular weight is 274 g/mol. The van der Waals surface area contributed by atoms with Crippen molar-refractivity contribution < 1.29 is 22.8 Å². The molecule has 18 heavy (non-hydrogen) atoms. The zero-order valence-electron chi connectivity index (χ0n) is 9.87. The molecule has 1 aromatic rings. The number of hydrogen-bond acceptors (Lipinski definition) is 5. The van der Waals surface area contributed by atoms with Gasteiger partial charge in [0.25, 0.3) is 0 Å². The second-order valence-corrected chi connectivity index (χ2v) is 6.22. The van der Waals surface area contributed by atoms with Gasteiger partial charge in [-0.3, -0.25) is 4.79 Å². The summed E-state index contributed by atoms with van der Waals surface area (Å²) in [4.78, 5) is 11.0. The summed E-state index contributed by atoms with van der Waals surface area (Å²) in [5, 5.41) is 12.6. The van der Waals surface area contributed by atoms with E-state index in [0.29, 0.717) is 18.5 Å². The summed E-state index contributed by atoms with van der Waals surface area (Å²) in [5.74, 6) is -1.23. The van der Waals surface area contributed by atoms with Crippen LogP contribution in [0.2, 0.25) is 0 Å². The molecule has 0 spiro atoms. The number of aryl methyl sites for hydroxylation is 1. The first kappa shape index (κ1) is 13.0. The quantitative estimate of drug-likeness (QED) is 0.850. The first-order valence-corrected chi connectivity index (χ1v) is 7.15. The lowest BCUT2D eigenvalue weighted by atomic mass is 10.2. The molecule has 0 radical (unpaired) electrons. The first-order valence-electron chi connectivity index (χ1n) is 5.54. The normalized spacial score (nSPS) is 21.3. The molecule has 1 atom stereocenters. The van der Waals surface area contributed by atoms with Gasteiger partial charge in [0.05, 0.1) is 5.69 Å². The van der Waals surface area contributed by atoms with Crippen molar-refractivity contribution in [2.75, 3.05) is 6.54 Å². The minimum Gasteiger partial charge on any atom is -0.480 e. The highest BCUT2D eigenvalue weighted by Gasteiger charge is 2.39. The van der Waals surface area contributed by atoms with Crippen molar-refractivity contribution in [2.45, 2.75) is 31.6 Å². The average Bonchev–Trinajstić information content (AvgIpc) is 2.86. The summed E-state index contributed by atoms with van der Waals surface area (Å²) >= 11 is 0. The zero-order valence-corrected chi connectivity index (χ0v) is 10.7. The van der Waals surface area contributed by atoms with Gasteiger partial charge in [0.2, 0.25) is 10.0 Å². The van der Waals surface area contributed by atoms with Gasteiger partial charge in [-0.15, -0.1) is 0 Å². The summed E-state index contributed by atoms with van der Waals surface area (Å²) in [7, 11) is -3.68. The number of carboxylic acids is 1. The fourth-order valence-electron chi connectivity index (χ4n) is 2.07. The van der Waals surface area contributed by atoms with Crippen LogP contribution in [-0.2, 0) is 20.6 Å². The van der Waals surface area contributed by atoms with Gasteiger partial charge in [-0.1, -0.05) is 5.16 Å². The Hall–Kier alpha value is -1.41. The highest BCUT2D eigenvalue weighted by atomic mass is 32.2. The molecule has 1 aliphatic heterocycles. The molecule has 2 heterocycles. The fraction of sp³-hybridized carbons (Fsp3) is 0.600. The van der Waals surface area contributed by atoms with Crippen LogP contribution in [0.25, 0.3) is 0 Å². The van der Waals surface area contributed by atoms with Crippen molar-refractivity contribution >= 4 is 16.0 Å². The lowest BCUT2D eigenvalue weighted by Gasteiger charge is -2.19. The third kappa shape index (κ3) is 2.54. The molecule has 1 aliphatic rings.